The van der Waals surface area contributed by atoms with Crippen LogP contribution in [0.4, 0.5) is 0 Å². The molecule has 0 amide bonds. The minimum atomic E-state index is -0.668. The molecule has 0 spiro atoms. The number of aliphatic hydroxyl groups excluding tert-OH is 1. The Morgan fingerprint density at radius 1 is 1.24 bits per heavy atom. The van der Waals surface area contributed by atoms with Gasteiger partial charge in [-0.3, -0.25) is 4.90 Å². The van der Waals surface area contributed by atoms with Gasteiger partial charge in [-0.1, -0.05) is 6.07 Å². The van der Waals surface area contributed by atoms with Crippen molar-refractivity contribution in [1.29, 1.82) is 0 Å². The molecule has 0 unspecified atom stereocenters. The van der Waals surface area contributed by atoms with Crippen molar-refractivity contribution >= 4 is 0 Å². The van der Waals surface area contributed by atoms with E-state index in [0.717, 1.165) is 30.3 Å². The highest BCUT2D eigenvalue weighted by atomic mass is 16.6. The van der Waals surface area contributed by atoms with Crippen LogP contribution >= 0.6 is 0 Å². The van der Waals surface area contributed by atoms with Crippen molar-refractivity contribution in [2.24, 2.45) is 11.7 Å². The van der Waals surface area contributed by atoms with Gasteiger partial charge < -0.3 is 20.3 Å². The van der Waals surface area contributed by atoms with E-state index >= 15 is 0 Å². The number of fused-ring (bicyclic) bond motifs is 2. The lowest BCUT2D eigenvalue weighted by Crippen LogP contribution is -2.42. The standard InChI is InChI=1S/C16H22N2O3/c17-13(9-18-8-10-5-12(18)6-10)16(19)11-1-2-14-15(7-11)21-4-3-20-14/h1-2,7,10,12-13,16,19H,3-6,8-9,17H2/t10?,12?,13-,16-/m1/s1. The number of hydrogen-bond acceptors (Lipinski definition) is 5. The third-order valence-electron chi connectivity index (χ3n) is 4.98. The molecule has 0 radical (unpaired) electrons. The molecule has 5 heteroatoms. The molecule has 3 heterocycles. The summed E-state index contributed by atoms with van der Waals surface area (Å²) in [6, 6.07) is 6.01. The SMILES string of the molecule is N[C@H](CN1CC2CC1C2)[C@H](O)c1ccc2c(c1)OCCO2. The van der Waals surface area contributed by atoms with E-state index < -0.39 is 6.10 Å². The van der Waals surface area contributed by atoms with Crippen LogP contribution in [0.3, 0.4) is 0 Å². The number of nitrogens with two attached hydrogens (primary N) is 1. The van der Waals surface area contributed by atoms with Crippen LogP contribution in [0.1, 0.15) is 24.5 Å². The first-order valence-electron chi connectivity index (χ1n) is 7.78. The zero-order chi connectivity index (χ0) is 14.4. The first-order valence-corrected chi connectivity index (χ1v) is 7.78. The fourth-order valence-electron chi connectivity index (χ4n) is 3.71. The molecule has 1 aliphatic carbocycles. The highest BCUT2D eigenvalue weighted by Crippen LogP contribution is 2.41. The van der Waals surface area contributed by atoms with E-state index in [0.29, 0.717) is 25.0 Å². The number of aliphatic hydroxyl groups is 1. The number of rotatable bonds is 4. The number of ether oxygens (including phenoxy) is 2. The van der Waals surface area contributed by atoms with Gasteiger partial charge in [0.05, 0.1) is 6.10 Å². The lowest BCUT2D eigenvalue weighted by molar-refractivity contribution is 0.116. The third kappa shape index (κ3) is 2.39. The van der Waals surface area contributed by atoms with Gasteiger partial charge in [0.25, 0.3) is 0 Å². The van der Waals surface area contributed by atoms with Crippen LogP contribution < -0.4 is 15.2 Å². The van der Waals surface area contributed by atoms with Gasteiger partial charge in [0.1, 0.15) is 13.2 Å². The van der Waals surface area contributed by atoms with E-state index in [4.69, 9.17) is 15.2 Å². The maximum atomic E-state index is 10.5. The largest absolute Gasteiger partial charge is 0.486 e. The molecule has 0 aromatic heterocycles. The summed E-state index contributed by atoms with van der Waals surface area (Å²) in [4.78, 5) is 2.43. The second-order valence-corrected chi connectivity index (χ2v) is 6.46. The number of nitrogens with zero attached hydrogens (tertiary/aromatic N) is 1. The Morgan fingerprint density at radius 3 is 2.71 bits per heavy atom. The Hall–Kier alpha value is -1.30. The van der Waals surface area contributed by atoms with E-state index in [2.05, 4.69) is 4.90 Å². The second kappa shape index (κ2) is 5.16. The molecule has 2 atom stereocenters. The summed E-state index contributed by atoms with van der Waals surface area (Å²) < 4.78 is 11.1. The van der Waals surface area contributed by atoms with Crippen LogP contribution in [0.15, 0.2) is 18.2 Å². The van der Waals surface area contributed by atoms with E-state index in [-0.39, 0.29) is 6.04 Å². The Bertz CT molecular complexity index is 530. The summed E-state index contributed by atoms with van der Waals surface area (Å²) in [7, 11) is 0. The average molecular weight is 290 g/mol. The van der Waals surface area contributed by atoms with Gasteiger partial charge in [0.2, 0.25) is 0 Å². The van der Waals surface area contributed by atoms with Crippen LogP contribution in [0, 0.1) is 5.92 Å². The molecular weight excluding hydrogens is 268 g/mol. The third-order valence-corrected chi connectivity index (χ3v) is 4.98. The molecule has 114 valence electrons. The molecule has 5 rings (SSSR count). The Balaban J connectivity index is 1.44. The lowest BCUT2D eigenvalue weighted by Gasteiger charge is -2.29. The first-order chi connectivity index (χ1) is 10.2. The smallest absolute Gasteiger partial charge is 0.161 e. The fraction of sp³-hybridized carbons (Fsp3) is 0.625. The van der Waals surface area contributed by atoms with Gasteiger partial charge in [0, 0.05) is 25.2 Å². The van der Waals surface area contributed by atoms with Crippen LogP contribution in [0.5, 0.6) is 11.5 Å². The van der Waals surface area contributed by atoms with Crippen LogP contribution in [0.25, 0.3) is 0 Å². The highest BCUT2D eigenvalue weighted by Gasteiger charge is 2.43. The maximum absolute atomic E-state index is 10.5. The summed E-state index contributed by atoms with van der Waals surface area (Å²) in [5.41, 5.74) is 7.03. The van der Waals surface area contributed by atoms with Gasteiger partial charge in [-0.2, -0.15) is 0 Å². The lowest BCUT2D eigenvalue weighted by atomic mass is 9.86. The van der Waals surface area contributed by atoms with Crippen LogP contribution in [-0.4, -0.2) is 48.4 Å². The predicted octanol–water partition coefficient (Wildman–Crippen LogP) is 0.913. The Morgan fingerprint density at radius 2 is 2.00 bits per heavy atom. The molecule has 2 saturated heterocycles. The molecule has 1 aromatic rings. The minimum Gasteiger partial charge on any atom is -0.486 e. The van der Waals surface area contributed by atoms with Gasteiger partial charge in [-0.25, -0.2) is 0 Å². The van der Waals surface area contributed by atoms with Gasteiger partial charge in [-0.15, -0.1) is 0 Å². The second-order valence-electron chi connectivity index (χ2n) is 6.46. The maximum Gasteiger partial charge on any atom is 0.161 e. The molecule has 2 bridgehead atoms. The van der Waals surface area contributed by atoms with Crippen LogP contribution in [0.2, 0.25) is 0 Å². The van der Waals surface area contributed by atoms with Crippen LogP contribution in [-0.2, 0) is 0 Å². The zero-order valence-electron chi connectivity index (χ0n) is 12.1. The van der Waals surface area contributed by atoms with Gasteiger partial charge in [-0.05, 0) is 36.5 Å². The molecule has 5 nitrogen and oxygen atoms in total. The van der Waals surface area contributed by atoms with E-state index in [1.807, 2.05) is 18.2 Å². The molecule has 3 N–H and O–H groups in total. The molecular formula is C16H22N2O3. The predicted molar refractivity (Wildman–Crippen MR) is 78.5 cm³/mol. The molecule has 3 aliphatic heterocycles. The van der Waals surface area contributed by atoms with Crippen molar-refractivity contribution in [1.82, 2.24) is 4.90 Å². The normalized spacial score (nSPS) is 29.8. The van der Waals surface area contributed by atoms with Crippen molar-refractivity contribution in [3.05, 3.63) is 23.8 Å². The average Bonchev–Trinajstić information content (AvgIpc) is 3.04. The summed E-state index contributed by atoms with van der Waals surface area (Å²) in [5, 5.41) is 10.5. The minimum absolute atomic E-state index is 0.271. The molecule has 1 saturated carbocycles. The Labute approximate surface area is 124 Å². The first kappa shape index (κ1) is 13.4. The van der Waals surface area contributed by atoms with Crippen molar-refractivity contribution < 1.29 is 14.6 Å². The molecule has 3 fully saturated rings. The van der Waals surface area contributed by atoms with Crippen molar-refractivity contribution in [3.63, 3.8) is 0 Å². The summed E-state index contributed by atoms with van der Waals surface area (Å²) >= 11 is 0. The highest BCUT2D eigenvalue weighted by molar-refractivity contribution is 5.44. The molecule has 4 aliphatic rings. The molecule has 1 aromatic carbocycles. The summed E-state index contributed by atoms with van der Waals surface area (Å²) in [5.74, 6) is 2.31. The van der Waals surface area contributed by atoms with E-state index in [1.165, 1.54) is 12.8 Å². The Kier molecular flexibility index (Phi) is 3.28. The van der Waals surface area contributed by atoms with E-state index in [1.54, 1.807) is 0 Å². The van der Waals surface area contributed by atoms with Crippen molar-refractivity contribution in [2.75, 3.05) is 26.3 Å². The zero-order valence-corrected chi connectivity index (χ0v) is 12.1. The van der Waals surface area contributed by atoms with Gasteiger partial charge >= 0.3 is 0 Å². The summed E-state index contributed by atoms with van der Waals surface area (Å²) in [6.45, 7) is 3.03. The summed E-state index contributed by atoms with van der Waals surface area (Å²) in [6.07, 6.45) is 1.96. The number of benzene rings is 1. The quantitative estimate of drug-likeness (QED) is 0.863. The fourth-order valence-corrected chi connectivity index (χ4v) is 3.71. The molecule has 21 heavy (non-hydrogen) atoms. The van der Waals surface area contributed by atoms with E-state index in [9.17, 15) is 5.11 Å². The van der Waals surface area contributed by atoms with Crippen molar-refractivity contribution in [3.8, 4) is 11.5 Å². The monoisotopic (exact) mass is 290 g/mol. The van der Waals surface area contributed by atoms with Crippen molar-refractivity contribution in [2.45, 2.75) is 31.0 Å². The topological polar surface area (TPSA) is 68.0 Å². The number of hydrogen-bond donors (Lipinski definition) is 2. The van der Waals surface area contributed by atoms with Gasteiger partial charge in [0.15, 0.2) is 11.5 Å².